The molecule has 0 amide bonds. The van der Waals surface area contributed by atoms with Crippen molar-refractivity contribution in [2.24, 2.45) is 5.73 Å². The van der Waals surface area contributed by atoms with Gasteiger partial charge >= 0.3 is 0 Å². The van der Waals surface area contributed by atoms with Gasteiger partial charge in [0.2, 0.25) is 0 Å². The topological polar surface area (TPSA) is 35.2 Å². The number of hydrogen-bond acceptors (Lipinski definition) is 2. The van der Waals surface area contributed by atoms with Gasteiger partial charge in [0.15, 0.2) is 0 Å². The Balaban J connectivity index is 2.22. The second-order valence-electron chi connectivity index (χ2n) is 4.15. The number of benzene rings is 2. The van der Waals surface area contributed by atoms with Crippen molar-refractivity contribution < 1.29 is 9.13 Å². The Bertz CT molecular complexity index is 557. The summed E-state index contributed by atoms with van der Waals surface area (Å²) in [5, 5.41) is 0.0997. The summed E-state index contributed by atoms with van der Waals surface area (Å²) in [6, 6.07) is 11.7. The SMILES string of the molecule is CCOc1ccc(C(N)c2ccc(Cl)c(F)c2)cc1. The number of ether oxygens (including phenoxy) is 1. The van der Waals surface area contributed by atoms with Crippen molar-refractivity contribution in [3.8, 4) is 5.75 Å². The van der Waals surface area contributed by atoms with Gasteiger partial charge < -0.3 is 10.5 Å². The van der Waals surface area contributed by atoms with Crippen LogP contribution in [0.1, 0.15) is 24.1 Å². The summed E-state index contributed by atoms with van der Waals surface area (Å²) in [6.45, 7) is 2.55. The van der Waals surface area contributed by atoms with Crippen LogP contribution < -0.4 is 10.5 Å². The van der Waals surface area contributed by atoms with Crippen LogP contribution in [0.2, 0.25) is 5.02 Å². The highest BCUT2D eigenvalue weighted by Crippen LogP contribution is 2.25. The Morgan fingerprint density at radius 2 is 1.79 bits per heavy atom. The highest BCUT2D eigenvalue weighted by atomic mass is 35.5. The average Bonchev–Trinajstić information content (AvgIpc) is 2.42. The lowest BCUT2D eigenvalue weighted by molar-refractivity contribution is 0.340. The standard InChI is InChI=1S/C15H15ClFNO/c1-2-19-12-6-3-10(4-7-12)15(18)11-5-8-13(16)14(17)9-11/h3-9,15H,2,18H2,1H3. The van der Waals surface area contributed by atoms with Crippen molar-refractivity contribution in [2.75, 3.05) is 6.61 Å². The van der Waals surface area contributed by atoms with Crippen molar-refractivity contribution in [2.45, 2.75) is 13.0 Å². The van der Waals surface area contributed by atoms with Gasteiger partial charge in [-0.3, -0.25) is 0 Å². The molecular formula is C15H15ClFNO. The minimum absolute atomic E-state index is 0.0997. The van der Waals surface area contributed by atoms with Gasteiger partial charge in [-0.2, -0.15) is 0 Å². The molecular weight excluding hydrogens is 265 g/mol. The molecule has 0 fully saturated rings. The molecule has 0 saturated heterocycles. The first-order valence-electron chi connectivity index (χ1n) is 6.05. The van der Waals surface area contributed by atoms with E-state index in [2.05, 4.69) is 0 Å². The molecule has 1 atom stereocenters. The van der Waals surface area contributed by atoms with Crippen molar-refractivity contribution in [1.82, 2.24) is 0 Å². The van der Waals surface area contributed by atoms with E-state index < -0.39 is 5.82 Å². The second kappa shape index (κ2) is 6.04. The van der Waals surface area contributed by atoms with Crippen molar-refractivity contribution in [1.29, 1.82) is 0 Å². The zero-order valence-electron chi connectivity index (χ0n) is 10.6. The van der Waals surface area contributed by atoms with Gasteiger partial charge in [-0.05, 0) is 42.3 Å². The molecule has 2 aromatic carbocycles. The largest absolute Gasteiger partial charge is 0.494 e. The Morgan fingerprint density at radius 1 is 1.16 bits per heavy atom. The van der Waals surface area contributed by atoms with E-state index in [4.69, 9.17) is 22.1 Å². The highest BCUT2D eigenvalue weighted by molar-refractivity contribution is 6.30. The van der Waals surface area contributed by atoms with E-state index in [0.717, 1.165) is 11.3 Å². The van der Waals surface area contributed by atoms with E-state index in [1.54, 1.807) is 6.07 Å². The van der Waals surface area contributed by atoms with Crippen LogP contribution in [0.25, 0.3) is 0 Å². The van der Waals surface area contributed by atoms with E-state index in [1.165, 1.54) is 12.1 Å². The predicted octanol–water partition coefficient (Wildman–Crippen LogP) is 3.93. The molecule has 2 nitrogen and oxygen atoms in total. The number of nitrogens with two attached hydrogens (primary N) is 1. The Kier molecular flexibility index (Phi) is 4.40. The molecule has 0 radical (unpaired) electrons. The first-order chi connectivity index (χ1) is 9.11. The van der Waals surface area contributed by atoms with E-state index in [-0.39, 0.29) is 11.1 Å². The van der Waals surface area contributed by atoms with Gasteiger partial charge in [0.05, 0.1) is 17.7 Å². The third kappa shape index (κ3) is 3.25. The number of halogens is 2. The fraction of sp³-hybridized carbons (Fsp3) is 0.200. The summed E-state index contributed by atoms with van der Waals surface area (Å²) in [5.74, 6) is 0.335. The molecule has 19 heavy (non-hydrogen) atoms. The van der Waals surface area contributed by atoms with Crippen molar-refractivity contribution in [3.63, 3.8) is 0 Å². The van der Waals surface area contributed by atoms with Crippen LogP contribution in [0.4, 0.5) is 4.39 Å². The molecule has 2 aromatic rings. The minimum Gasteiger partial charge on any atom is -0.494 e. The van der Waals surface area contributed by atoms with Gasteiger partial charge in [-0.1, -0.05) is 29.8 Å². The Hall–Kier alpha value is -1.58. The summed E-state index contributed by atoms with van der Waals surface area (Å²) < 4.78 is 18.8. The fourth-order valence-corrected chi connectivity index (χ4v) is 1.95. The summed E-state index contributed by atoms with van der Waals surface area (Å²) in [4.78, 5) is 0. The maximum atomic E-state index is 13.4. The van der Waals surface area contributed by atoms with E-state index in [0.29, 0.717) is 12.2 Å². The van der Waals surface area contributed by atoms with E-state index in [9.17, 15) is 4.39 Å². The van der Waals surface area contributed by atoms with Gasteiger partial charge in [0.25, 0.3) is 0 Å². The van der Waals surface area contributed by atoms with Crippen LogP contribution in [-0.4, -0.2) is 6.61 Å². The van der Waals surface area contributed by atoms with Crippen LogP contribution in [0.15, 0.2) is 42.5 Å². The summed E-state index contributed by atoms with van der Waals surface area (Å²) in [5.41, 5.74) is 7.69. The molecule has 1 unspecified atom stereocenters. The lowest BCUT2D eigenvalue weighted by atomic mass is 9.99. The molecule has 2 rings (SSSR count). The number of rotatable bonds is 4. The molecule has 2 N–H and O–H groups in total. The highest BCUT2D eigenvalue weighted by Gasteiger charge is 2.11. The molecule has 100 valence electrons. The quantitative estimate of drug-likeness (QED) is 0.920. The lowest BCUT2D eigenvalue weighted by Gasteiger charge is -2.13. The summed E-state index contributed by atoms with van der Waals surface area (Å²) >= 11 is 5.65. The summed E-state index contributed by atoms with van der Waals surface area (Å²) in [6.07, 6.45) is 0. The van der Waals surface area contributed by atoms with Crippen LogP contribution >= 0.6 is 11.6 Å². The molecule has 0 aliphatic carbocycles. The van der Waals surface area contributed by atoms with Crippen molar-refractivity contribution >= 4 is 11.6 Å². The molecule has 0 heterocycles. The van der Waals surface area contributed by atoms with Crippen LogP contribution in [0.5, 0.6) is 5.75 Å². The average molecular weight is 280 g/mol. The Morgan fingerprint density at radius 3 is 2.37 bits per heavy atom. The summed E-state index contributed by atoms with van der Waals surface area (Å²) in [7, 11) is 0. The normalized spacial score (nSPS) is 12.2. The van der Waals surface area contributed by atoms with Gasteiger partial charge in [-0.15, -0.1) is 0 Å². The third-order valence-corrected chi connectivity index (χ3v) is 3.16. The smallest absolute Gasteiger partial charge is 0.142 e. The van der Waals surface area contributed by atoms with Gasteiger partial charge in [-0.25, -0.2) is 4.39 Å². The zero-order chi connectivity index (χ0) is 13.8. The Labute approximate surface area is 117 Å². The molecule has 0 bridgehead atoms. The zero-order valence-corrected chi connectivity index (χ0v) is 11.3. The molecule has 0 aliphatic rings. The second-order valence-corrected chi connectivity index (χ2v) is 4.56. The van der Waals surface area contributed by atoms with E-state index >= 15 is 0 Å². The maximum absolute atomic E-state index is 13.4. The first-order valence-corrected chi connectivity index (χ1v) is 6.43. The molecule has 0 saturated carbocycles. The van der Waals surface area contributed by atoms with E-state index in [1.807, 2.05) is 31.2 Å². The number of hydrogen-bond donors (Lipinski definition) is 1. The third-order valence-electron chi connectivity index (χ3n) is 2.85. The predicted molar refractivity (Wildman–Crippen MR) is 75.1 cm³/mol. The maximum Gasteiger partial charge on any atom is 0.142 e. The molecule has 0 aliphatic heterocycles. The van der Waals surface area contributed by atoms with Crippen LogP contribution in [0.3, 0.4) is 0 Å². The lowest BCUT2D eigenvalue weighted by Crippen LogP contribution is -2.12. The van der Waals surface area contributed by atoms with Gasteiger partial charge in [0, 0.05) is 0 Å². The fourth-order valence-electron chi connectivity index (χ4n) is 1.84. The van der Waals surface area contributed by atoms with Crippen LogP contribution in [0, 0.1) is 5.82 Å². The molecule has 4 heteroatoms. The van der Waals surface area contributed by atoms with Crippen molar-refractivity contribution in [3.05, 3.63) is 64.4 Å². The van der Waals surface area contributed by atoms with Gasteiger partial charge in [0.1, 0.15) is 11.6 Å². The molecule has 0 spiro atoms. The first kappa shape index (κ1) is 13.8. The minimum atomic E-state index is -0.458. The monoisotopic (exact) mass is 279 g/mol. The van der Waals surface area contributed by atoms with Crippen LogP contribution in [-0.2, 0) is 0 Å². The molecule has 0 aromatic heterocycles.